The molecule has 0 fully saturated rings. The van der Waals surface area contributed by atoms with E-state index in [1.54, 1.807) is 0 Å². The van der Waals surface area contributed by atoms with Gasteiger partial charge < -0.3 is 9.73 Å². The molecule has 1 aromatic heterocycles. The molecule has 1 N–H and O–H groups in total. The normalized spacial score (nSPS) is 11.3. The lowest BCUT2D eigenvalue weighted by Crippen LogP contribution is -2.17. The lowest BCUT2D eigenvalue weighted by atomic mass is 10.2. The van der Waals surface area contributed by atoms with Crippen molar-refractivity contribution < 1.29 is 4.42 Å². The highest BCUT2D eigenvalue weighted by molar-refractivity contribution is 6.31. The standard InChI is InChI=1S/C17H23ClN2O/c1-4-19-10-15-9-16(21-13(15)2)12-20(3)11-14-7-5-6-8-17(14)18/h5-9,19H,4,10-12H2,1-3H3. The minimum atomic E-state index is 0.776. The van der Waals surface area contributed by atoms with E-state index in [0.29, 0.717) is 0 Å². The van der Waals surface area contributed by atoms with Gasteiger partial charge in [-0.1, -0.05) is 36.7 Å². The Balaban J connectivity index is 1.96. The maximum absolute atomic E-state index is 6.20. The lowest BCUT2D eigenvalue weighted by molar-refractivity contribution is 0.285. The summed E-state index contributed by atoms with van der Waals surface area (Å²) in [5.74, 6) is 1.99. The van der Waals surface area contributed by atoms with Gasteiger partial charge in [-0.25, -0.2) is 0 Å². The third kappa shape index (κ3) is 4.60. The van der Waals surface area contributed by atoms with Gasteiger partial charge in [0.2, 0.25) is 0 Å². The van der Waals surface area contributed by atoms with Crippen LogP contribution in [0.3, 0.4) is 0 Å². The average molecular weight is 307 g/mol. The number of aryl methyl sites for hydroxylation is 1. The molecule has 1 heterocycles. The number of nitrogens with zero attached hydrogens (tertiary/aromatic N) is 1. The number of furan rings is 1. The van der Waals surface area contributed by atoms with Gasteiger partial charge in [-0.2, -0.15) is 0 Å². The zero-order valence-corrected chi connectivity index (χ0v) is 13.7. The first-order valence-corrected chi connectivity index (χ1v) is 7.68. The molecule has 0 unspecified atom stereocenters. The first-order valence-electron chi connectivity index (χ1n) is 7.31. The van der Waals surface area contributed by atoms with Crippen molar-refractivity contribution in [1.82, 2.24) is 10.2 Å². The molecule has 0 aliphatic carbocycles. The number of benzene rings is 1. The highest BCUT2D eigenvalue weighted by Crippen LogP contribution is 2.19. The number of halogens is 1. The first kappa shape index (κ1) is 16.1. The van der Waals surface area contributed by atoms with E-state index in [1.165, 1.54) is 5.56 Å². The van der Waals surface area contributed by atoms with Crippen LogP contribution in [0.15, 0.2) is 34.7 Å². The van der Waals surface area contributed by atoms with Crippen LogP contribution in [-0.4, -0.2) is 18.5 Å². The van der Waals surface area contributed by atoms with Crippen LogP contribution in [-0.2, 0) is 19.6 Å². The Kier molecular flexibility index (Phi) is 5.85. The van der Waals surface area contributed by atoms with Gasteiger partial charge in [0.1, 0.15) is 11.5 Å². The van der Waals surface area contributed by atoms with Crippen molar-refractivity contribution in [3.63, 3.8) is 0 Å². The third-order valence-electron chi connectivity index (χ3n) is 3.46. The van der Waals surface area contributed by atoms with E-state index in [2.05, 4.69) is 36.3 Å². The minimum Gasteiger partial charge on any atom is -0.465 e. The summed E-state index contributed by atoms with van der Waals surface area (Å²) in [5, 5.41) is 4.14. The van der Waals surface area contributed by atoms with Gasteiger partial charge in [0.15, 0.2) is 0 Å². The molecule has 1 aromatic carbocycles. The predicted molar refractivity (Wildman–Crippen MR) is 87.4 cm³/mol. The molecular weight excluding hydrogens is 284 g/mol. The van der Waals surface area contributed by atoms with Gasteiger partial charge in [-0.15, -0.1) is 0 Å². The molecule has 4 heteroatoms. The van der Waals surface area contributed by atoms with E-state index >= 15 is 0 Å². The number of hydrogen-bond acceptors (Lipinski definition) is 3. The van der Waals surface area contributed by atoms with Crippen molar-refractivity contribution in [3.05, 3.63) is 58.0 Å². The molecule has 21 heavy (non-hydrogen) atoms. The molecule has 0 radical (unpaired) electrons. The average Bonchev–Trinajstić information content (AvgIpc) is 2.79. The summed E-state index contributed by atoms with van der Waals surface area (Å²) >= 11 is 6.20. The van der Waals surface area contributed by atoms with Gasteiger partial charge >= 0.3 is 0 Å². The molecule has 0 aliphatic rings. The largest absolute Gasteiger partial charge is 0.465 e. The fourth-order valence-corrected chi connectivity index (χ4v) is 2.54. The van der Waals surface area contributed by atoms with Crippen molar-refractivity contribution in [2.45, 2.75) is 33.5 Å². The van der Waals surface area contributed by atoms with E-state index < -0.39 is 0 Å². The topological polar surface area (TPSA) is 28.4 Å². The van der Waals surface area contributed by atoms with Crippen LogP contribution in [0.1, 0.15) is 29.6 Å². The number of nitrogens with one attached hydrogen (secondary N) is 1. The summed E-state index contributed by atoms with van der Waals surface area (Å²) in [7, 11) is 2.07. The molecule has 2 aromatic rings. The zero-order valence-electron chi connectivity index (χ0n) is 12.9. The Labute approximate surface area is 131 Å². The summed E-state index contributed by atoms with van der Waals surface area (Å²) in [4.78, 5) is 2.20. The van der Waals surface area contributed by atoms with Crippen LogP contribution >= 0.6 is 11.6 Å². The Morgan fingerprint density at radius 1 is 1.19 bits per heavy atom. The molecule has 3 nitrogen and oxygen atoms in total. The highest BCUT2D eigenvalue weighted by atomic mass is 35.5. The maximum Gasteiger partial charge on any atom is 0.118 e. The summed E-state index contributed by atoms with van der Waals surface area (Å²) < 4.78 is 5.84. The quantitative estimate of drug-likeness (QED) is 0.838. The Bertz CT molecular complexity index is 580. The minimum absolute atomic E-state index is 0.776. The molecule has 114 valence electrons. The van der Waals surface area contributed by atoms with E-state index in [4.69, 9.17) is 16.0 Å². The zero-order chi connectivity index (χ0) is 15.2. The van der Waals surface area contributed by atoms with Gasteiger partial charge in [0, 0.05) is 23.7 Å². The van der Waals surface area contributed by atoms with Crippen LogP contribution in [0.5, 0.6) is 0 Å². The van der Waals surface area contributed by atoms with Crippen molar-refractivity contribution in [3.8, 4) is 0 Å². The van der Waals surface area contributed by atoms with Gasteiger partial charge in [0.05, 0.1) is 6.54 Å². The molecule has 0 bridgehead atoms. The van der Waals surface area contributed by atoms with E-state index in [9.17, 15) is 0 Å². The van der Waals surface area contributed by atoms with Crippen molar-refractivity contribution in [1.29, 1.82) is 0 Å². The predicted octanol–water partition coefficient (Wildman–Crippen LogP) is 3.98. The van der Waals surface area contributed by atoms with E-state index in [0.717, 1.165) is 48.3 Å². The van der Waals surface area contributed by atoms with E-state index in [-0.39, 0.29) is 0 Å². The van der Waals surface area contributed by atoms with Crippen LogP contribution in [0, 0.1) is 6.92 Å². The second kappa shape index (κ2) is 7.64. The first-order chi connectivity index (χ1) is 10.1. The SMILES string of the molecule is CCNCc1cc(CN(C)Cc2ccccc2Cl)oc1C. The summed E-state index contributed by atoms with van der Waals surface area (Å²) in [6, 6.07) is 10.1. The Hall–Kier alpha value is -1.29. The van der Waals surface area contributed by atoms with Crippen molar-refractivity contribution in [2.75, 3.05) is 13.6 Å². The summed E-state index contributed by atoms with van der Waals surface area (Å²) in [6.07, 6.45) is 0. The molecule has 2 rings (SSSR count). The second-order valence-electron chi connectivity index (χ2n) is 5.34. The molecule has 0 amide bonds. The second-order valence-corrected chi connectivity index (χ2v) is 5.75. The number of hydrogen-bond donors (Lipinski definition) is 1. The van der Waals surface area contributed by atoms with Crippen molar-refractivity contribution in [2.24, 2.45) is 0 Å². The fraction of sp³-hybridized carbons (Fsp3) is 0.412. The van der Waals surface area contributed by atoms with Crippen LogP contribution in [0.4, 0.5) is 0 Å². The molecule has 0 saturated carbocycles. The highest BCUT2D eigenvalue weighted by Gasteiger charge is 2.10. The van der Waals surface area contributed by atoms with Gasteiger partial charge in [-0.05, 0) is 38.2 Å². The monoisotopic (exact) mass is 306 g/mol. The molecule has 0 atom stereocenters. The van der Waals surface area contributed by atoms with Crippen LogP contribution in [0.2, 0.25) is 5.02 Å². The maximum atomic E-state index is 6.20. The Morgan fingerprint density at radius 2 is 1.95 bits per heavy atom. The summed E-state index contributed by atoms with van der Waals surface area (Å²) in [6.45, 7) is 7.53. The number of rotatable bonds is 7. The lowest BCUT2D eigenvalue weighted by Gasteiger charge is -2.15. The Morgan fingerprint density at radius 3 is 2.67 bits per heavy atom. The summed E-state index contributed by atoms with van der Waals surface area (Å²) in [5.41, 5.74) is 2.37. The molecule has 0 spiro atoms. The molecule has 0 aliphatic heterocycles. The third-order valence-corrected chi connectivity index (χ3v) is 3.83. The van der Waals surface area contributed by atoms with Crippen molar-refractivity contribution >= 4 is 11.6 Å². The van der Waals surface area contributed by atoms with Crippen LogP contribution in [0.25, 0.3) is 0 Å². The fourth-order valence-electron chi connectivity index (χ4n) is 2.34. The van der Waals surface area contributed by atoms with Crippen LogP contribution < -0.4 is 5.32 Å². The molecular formula is C17H23ClN2O. The van der Waals surface area contributed by atoms with Gasteiger partial charge in [-0.3, -0.25) is 4.90 Å². The molecule has 0 saturated heterocycles. The van der Waals surface area contributed by atoms with Gasteiger partial charge in [0.25, 0.3) is 0 Å². The van der Waals surface area contributed by atoms with E-state index in [1.807, 2.05) is 25.1 Å². The smallest absolute Gasteiger partial charge is 0.118 e.